The molecule has 0 fully saturated rings. The van der Waals surface area contributed by atoms with E-state index in [2.05, 4.69) is 4.37 Å². The van der Waals surface area contributed by atoms with Crippen molar-refractivity contribution in [1.82, 2.24) is 4.37 Å². The first-order chi connectivity index (χ1) is 10.3. The predicted molar refractivity (Wildman–Crippen MR) is 82.5 cm³/mol. The van der Waals surface area contributed by atoms with Gasteiger partial charge in [-0.3, -0.25) is 0 Å². The van der Waals surface area contributed by atoms with Crippen molar-refractivity contribution >= 4 is 21.6 Å². The van der Waals surface area contributed by atoms with Crippen molar-refractivity contribution in [1.29, 1.82) is 0 Å². The Kier molecular flexibility index (Phi) is 4.15. The van der Waals surface area contributed by atoms with Crippen LogP contribution in [0.15, 0.2) is 54.7 Å². The number of hydrogen-bond donors (Lipinski definition) is 2. The van der Waals surface area contributed by atoms with Crippen LogP contribution in [-0.2, 0) is 0 Å². The fraction of sp³-hybridized carbons (Fsp3) is 0.188. The lowest BCUT2D eigenvalue weighted by Gasteiger charge is -2.23. The van der Waals surface area contributed by atoms with Gasteiger partial charge in [-0.15, -0.1) is 0 Å². The van der Waals surface area contributed by atoms with Crippen LogP contribution in [0.2, 0.25) is 0 Å². The minimum atomic E-state index is -0.991. The average molecular weight is 301 g/mol. The molecule has 3 aromatic rings. The van der Waals surface area contributed by atoms with Crippen molar-refractivity contribution < 1.29 is 14.9 Å². The smallest absolute Gasteiger partial charge is 0.152 e. The second-order valence-corrected chi connectivity index (χ2v) is 5.53. The summed E-state index contributed by atoms with van der Waals surface area (Å²) in [6, 6.07) is 15.1. The van der Waals surface area contributed by atoms with Gasteiger partial charge >= 0.3 is 0 Å². The maximum Gasteiger partial charge on any atom is 0.152 e. The van der Waals surface area contributed by atoms with Gasteiger partial charge in [0.2, 0.25) is 0 Å². The minimum Gasteiger partial charge on any atom is -0.482 e. The lowest BCUT2D eigenvalue weighted by Crippen LogP contribution is -2.27. The summed E-state index contributed by atoms with van der Waals surface area (Å²) in [7, 11) is 0. The van der Waals surface area contributed by atoms with E-state index in [-0.39, 0.29) is 6.61 Å². The largest absolute Gasteiger partial charge is 0.482 e. The van der Waals surface area contributed by atoms with Gasteiger partial charge in [0.25, 0.3) is 0 Å². The number of hydrogen-bond acceptors (Lipinski definition) is 5. The molecule has 4 nitrogen and oxygen atoms in total. The molecule has 21 heavy (non-hydrogen) atoms. The van der Waals surface area contributed by atoms with Crippen LogP contribution in [0.1, 0.15) is 11.7 Å². The molecule has 0 aliphatic heterocycles. The highest BCUT2D eigenvalue weighted by molar-refractivity contribution is 7.13. The molecule has 0 saturated heterocycles. The molecule has 0 aliphatic rings. The molecular formula is C16H15NO3S. The average Bonchev–Trinajstić information content (AvgIpc) is 3.02. The van der Waals surface area contributed by atoms with E-state index in [4.69, 9.17) is 4.74 Å². The Morgan fingerprint density at radius 3 is 2.67 bits per heavy atom. The maximum absolute atomic E-state index is 10.1. The summed E-state index contributed by atoms with van der Waals surface area (Å²) in [4.78, 5) is 0. The van der Waals surface area contributed by atoms with Gasteiger partial charge < -0.3 is 14.9 Å². The summed E-state index contributed by atoms with van der Waals surface area (Å²) in [6.07, 6.45) is 0.138. The van der Waals surface area contributed by atoms with E-state index in [1.165, 1.54) is 11.5 Å². The summed E-state index contributed by atoms with van der Waals surface area (Å²) in [5.74, 6) is 0.655. The van der Waals surface area contributed by atoms with Crippen LogP contribution in [0.25, 0.3) is 10.1 Å². The van der Waals surface area contributed by atoms with Crippen LogP contribution in [0, 0.1) is 0 Å². The highest BCUT2D eigenvalue weighted by Crippen LogP contribution is 2.32. The van der Waals surface area contributed by atoms with E-state index in [0.29, 0.717) is 5.75 Å². The molecule has 0 radical (unpaired) electrons. The normalized spacial score (nSPS) is 14.0. The molecule has 108 valence electrons. The third-order valence-electron chi connectivity index (χ3n) is 3.28. The number of benzene rings is 2. The van der Waals surface area contributed by atoms with Gasteiger partial charge in [0, 0.05) is 0 Å². The Hall–Kier alpha value is -1.95. The molecule has 1 aromatic heterocycles. The SMILES string of the molecule is OC[C@@H](O)[C@@H](Oc1cccc2sncc12)c1ccccc1. The molecule has 2 N–H and O–H groups in total. The molecule has 1 heterocycles. The van der Waals surface area contributed by atoms with Gasteiger partial charge in [-0.25, -0.2) is 0 Å². The Bertz CT molecular complexity index is 714. The van der Waals surface area contributed by atoms with E-state index < -0.39 is 12.2 Å². The fourth-order valence-electron chi connectivity index (χ4n) is 2.21. The third kappa shape index (κ3) is 2.90. The van der Waals surface area contributed by atoms with Gasteiger partial charge in [-0.1, -0.05) is 36.4 Å². The monoisotopic (exact) mass is 301 g/mol. The zero-order valence-corrected chi connectivity index (χ0v) is 12.0. The minimum absolute atomic E-state index is 0.364. The lowest BCUT2D eigenvalue weighted by atomic mass is 10.0. The summed E-state index contributed by atoms with van der Waals surface area (Å²) in [6.45, 7) is -0.364. The second-order valence-electron chi connectivity index (χ2n) is 4.69. The summed E-state index contributed by atoms with van der Waals surface area (Å²) in [5, 5.41) is 20.3. The van der Waals surface area contributed by atoms with Crippen molar-refractivity contribution in [2.24, 2.45) is 0 Å². The van der Waals surface area contributed by atoms with E-state index in [9.17, 15) is 10.2 Å². The second kappa shape index (κ2) is 6.22. The third-order valence-corrected chi connectivity index (χ3v) is 4.04. The van der Waals surface area contributed by atoms with Crippen molar-refractivity contribution in [3.8, 4) is 5.75 Å². The van der Waals surface area contributed by atoms with E-state index in [1.807, 2.05) is 48.5 Å². The quantitative estimate of drug-likeness (QED) is 0.760. The fourth-order valence-corrected chi connectivity index (χ4v) is 2.88. The number of aliphatic hydroxyl groups is 2. The standard InChI is InChI=1S/C16H15NO3S/c18-10-13(19)16(11-5-2-1-3-6-11)20-14-7-4-8-15-12(14)9-17-21-15/h1-9,13,16,18-19H,10H2/t13-,16+/m1/s1. The number of aliphatic hydroxyl groups excluding tert-OH is 2. The van der Waals surface area contributed by atoms with Crippen molar-refractivity contribution in [2.45, 2.75) is 12.2 Å². The van der Waals surface area contributed by atoms with Gasteiger partial charge in [0.15, 0.2) is 6.10 Å². The van der Waals surface area contributed by atoms with E-state index in [0.717, 1.165) is 15.6 Å². The van der Waals surface area contributed by atoms with Gasteiger partial charge in [-0.05, 0) is 29.2 Å². The molecule has 0 spiro atoms. The van der Waals surface area contributed by atoms with Gasteiger partial charge in [-0.2, -0.15) is 4.37 Å². The van der Waals surface area contributed by atoms with Crippen molar-refractivity contribution in [3.05, 3.63) is 60.3 Å². The number of ether oxygens (including phenoxy) is 1. The molecule has 2 aromatic carbocycles. The van der Waals surface area contributed by atoms with Crippen LogP contribution >= 0.6 is 11.5 Å². The van der Waals surface area contributed by atoms with Gasteiger partial charge in [0.1, 0.15) is 11.9 Å². The number of rotatable bonds is 5. The van der Waals surface area contributed by atoms with Crippen LogP contribution in [0.3, 0.4) is 0 Å². The number of aromatic nitrogens is 1. The summed E-state index contributed by atoms with van der Waals surface area (Å²) >= 11 is 1.40. The van der Waals surface area contributed by atoms with Crippen molar-refractivity contribution in [2.75, 3.05) is 6.61 Å². The number of fused-ring (bicyclic) bond motifs is 1. The van der Waals surface area contributed by atoms with Crippen molar-refractivity contribution in [3.63, 3.8) is 0 Å². The Balaban J connectivity index is 1.97. The molecule has 3 rings (SSSR count). The first kappa shape index (κ1) is 14.0. The Morgan fingerprint density at radius 1 is 1.10 bits per heavy atom. The van der Waals surface area contributed by atoms with E-state index in [1.54, 1.807) is 6.20 Å². The van der Waals surface area contributed by atoms with E-state index >= 15 is 0 Å². The zero-order valence-electron chi connectivity index (χ0n) is 11.2. The van der Waals surface area contributed by atoms with Crippen LogP contribution in [-0.4, -0.2) is 27.3 Å². The molecular weight excluding hydrogens is 286 g/mol. The number of nitrogens with zero attached hydrogens (tertiary/aromatic N) is 1. The molecule has 0 unspecified atom stereocenters. The Labute approximate surface area is 126 Å². The van der Waals surface area contributed by atoms with Crippen LogP contribution in [0.4, 0.5) is 0 Å². The zero-order chi connectivity index (χ0) is 14.7. The molecule has 0 saturated carbocycles. The first-order valence-corrected chi connectivity index (χ1v) is 7.41. The Morgan fingerprint density at radius 2 is 1.90 bits per heavy atom. The molecule has 2 atom stereocenters. The molecule has 5 heteroatoms. The molecule has 0 amide bonds. The topological polar surface area (TPSA) is 62.6 Å². The molecule has 0 bridgehead atoms. The lowest BCUT2D eigenvalue weighted by molar-refractivity contribution is -0.00123. The highest BCUT2D eigenvalue weighted by atomic mass is 32.1. The summed E-state index contributed by atoms with van der Waals surface area (Å²) in [5.41, 5.74) is 0.819. The first-order valence-electron chi connectivity index (χ1n) is 6.63. The summed E-state index contributed by atoms with van der Waals surface area (Å²) < 4.78 is 11.2. The maximum atomic E-state index is 10.1. The van der Waals surface area contributed by atoms with Crippen LogP contribution in [0.5, 0.6) is 5.75 Å². The van der Waals surface area contributed by atoms with Gasteiger partial charge in [0.05, 0.1) is 22.9 Å². The molecule has 0 aliphatic carbocycles. The highest BCUT2D eigenvalue weighted by Gasteiger charge is 2.23. The predicted octanol–water partition coefficient (Wildman–Crippen LogP) is 2.77. The van der Waals surface area contributed by atoms with Crippen LogP contribution < -0.4 is 4.74 Å².